The number of hydrogen-bond acceptors (Lipinski definition) is 9. The Bertz CT molecular complexity index is 1290. The van der Waals surface area contributed by atoms with Gasteiger partial charge in [-0.25, -0.2) is 0 Å². The molecule has 1 amide bonds. The molecular formula is C27H32N2O8. The fourth-order valence-electron chi connectivity index (χ4n) is 6.56. The van der Waals surface area contributed by atoms with E-state index >= 15 is 0 Å². The summed E-state index contributed by atoms with van der Waals surface area (Å²) in [5, 5.41) is 22.8. The fraction of sp³-hybridized carbons (Fsp3) is 0.556. The SMILES string of the molecule is CC(=O)c1cc(C(C)(C)C)c(O)c2c1C[C@@H]1C[C@@H]3[C@@H](N(C)C)C(=O)C(C(N)=O)C(=O)[C@]3(O)C(=O)C1C2=O. The molecule has 0 aliphatic heterocycles. The maximum absolute atomic E-state index is 13.9. The first kappa shape index (κ1) is 26.8. The topological polar surface area (TPSA) is 172 Å². The molecule has 6 atom stereocenters. The number of rotatable bonds is 3. The summed E-state index contributed by atoms with van der Waals surface area (Å²) >= 11 is 0. The second-order valence-corrected chi connectivity index (χ2v) is 11.8. The number of aromatic hydroxyl groups is 1. The second kappa shape index (κ2) is 8.39. The highest BCUT2D eigenvalue weighted by molar-refractivity contribution is 6.32. The lowest BCUT2D eigenvalue weighted by Crippen LogP contribution is -2.74. The first-order chi connectivity index (χ1) is 17.0. The van der Waals surface area contributed by atoms with Gasteiger partial charge in [-0.1, -0.05) is 20.8 Å². The molecule has 2 saturated carbocycles. The molecule has 10 nitrogen and oxygen atoms in total. The van der Waals surface area contributed by atoms with Crippen molar-refractivity contribution in [1.82, 2.24) is 4.90 Å². The number of amides is 1. The summed E-state index contributed by atoms with van der Waals surface area (Å²) in [7, 11) is 3.04. The van der Waals surface area contributed by atoms with Crippen molar-refractivity contribution < 1.29 is 39.0 Å². The van der Waals surface area contributed by atoms with E-state index in [1.165, 1.54) is 25.9 Å². The third-order valence-electron chi connectivity index (χ3n) is 8.25. The van der Waals surface area contributed by atoms with Gasteiger partial charge < -0.3 is 15.9 Å². The molecule has 2 fully saturated rings. The lowest BCUT2D eigenvalue weighted by Gasteiger charge is -2.52. The van der Waals surface area contributed by atoms with Gasteiger partial charge in [0.2, 0.25) is 5.91 Å². The number of nitrogens with zero attached hydrogens (tertiary/aromatic N) is 1. The Morgan fingerprint density at radius 2 is 1.70 bits per heavy atom. The van der Waals surface area contributed by atoms with Crippen LogP contribution in [0.2, 0.25) is 0 Å². The summed E-state index contributed by atoms with van der Waals surface area (Å²) in [5.74, 6) is -11.4. The van der Waals surface area contributed by atoms with Crippen LogP contribution in [0.1, 0.15) is 66.0 Å². The number of phenols is 1. The van der Waals surface area contributed by atoms with Crippen LogP contribution in [0.25, 0.3) is 0 Å². The molecule has 0 radical (unpaired) electrons. The number of hydrogen-bond donors (Lipinski definition) is 3. The van der Waals surface area contributed by atoms with Crippen molar-refractivity contribution >= 4 is 34.8 Å². The number of fused-ring (bicyclic) bond motifs is 3. The van der Waals surface area contributed by atoms with E-state index < -0.39 is 69.8 Å². The van der Waals surface area contributed by atoms with Crippen LogP contribution < -0.4 is 5.73 Å². The maximum atomic E-state index is 13.9. The van der Waals surface area contributed by atoms with Gasteiger partial charge in [0.25, 0.3) is 0 Å². The molecule has 0 heterocycles. The van der Waals surface area contributed by atoms with Crippen LogP contribution in [0.15, 0.2) is 6.07 Å². The average molecular weight is 513 g/mol. The second-order valence-electron chi connectivity index (χ2n) is 11.8. The summed E-state index contributed by atoms with van der Waals surface area (Å²) in [6.45, 7) is 6.76. The van der Waals surface area contributed by atoms with Gasteiger partial charge in [-0.3, -0.25) is 33.7 Å². The molecule has 1 aromatic rings. The molecule has 1 aromatic carbocycles. The van der Waals surface area contributed by atoms with Crippen molar-refractivity contribution in [3.63, 3.8) is 0 Å². The Labute approximate surface area is 214 Å². The zero-order valence-corrected chi connectivity index (χ0v) is 21.7. The lowest BCUT2D eigenvalue weighted by molar-refractivity contribution is -0.181. The highest BCUT2D eigenvalue weighted by Gasteiger charge is 2.69. The maximum Gasteiger partial charge on any atom is 0.235 e. The van der Waals surface area contributed by atoms with Crippen LogP contribution in [-0.4, -0.2) is 75.7 Å². The number of aliphatic hydroxyl groups is 1. The minimum Gasteiger partial charge on any atom is -0.507 e. The van der Waals surface area contributed by atoms with Crippen molar-refractivity contribution in [2.24, 2.45) is 29.4 Å². The predicted octanol–water partition coefficient (Wildman–Crippen LogP) is 0.367. The van der Waals surface area contributed by atoms with Gasteiger partial charge >= 0.3 is 0 Å². The first-order valence-corrected chi connectivity index (χ1v) is 12.2. The van der Waals surface area contributed by atoms with Gasteiger partial charge in [0.05, 0.1) is 17.5 Å². The zero-order valence-electron chi connectivity index (χ0n) is 21.7. The molecule has 4 N–H and O–H groups in total. The number of nitrogens with two attached hydrogens (primary N) is 1. The molecular weight excluding hydrogens is 480 g/mol. The Hall–Kier alpha value is -3.24. The van der Waals surface area contributed by atoms with Crippen LogP contribution in [0.5, 0.6) is 5.75 Å². The molecule has 0 bridgehead atoms. The van der Waals surface area contributed by atoms with Crippen LogP contribution in [-0.2, 0) is 31.0 Å². The first-order valence-electron chi connectivity index (χ1n) is 12.2. The number of likely N-dealkylation sites (N-methyl/N-ethyl adjacent to an activating group) is 1. The molecule has 37 heavy (non-hydrogen) atoms. The van der Waals surface area contributed by atoms with Gasteiger partial charge in [-0.15, -0.1) is 0 Å². The molecule has 3 aliphatic carbocycles. The monoisotopic (exact) mass is 512 g/mol. The standard InChI is InChI=1S/C27H32N2O8/c1-10(30)12-9-15(26(2,3)4)20(31)17-13(12)7-11-8-14-19(29(5)6)22(33)18(25(28)36)24(35)27(14,37)23(34)16(11)21(17)32/h9,11,14,16,18-19,31,37H,7-8H2,1-6H3,(H2,28,36)/t11-,14-,16?,18?,19-,27-/m1/s1. The molecule has 2 unspecified atom stereocenters. The molecule has 198 valence electrons. The van der Waals surface area contributed by atoms with Crippen molar-refractivity contribution in [3.05, 3.63) is 28.3 Å². The number of phenolic OH excluding ortho intramolecular Hbond substituents is 1. The van der Waals surface area contributed by atoms with E-state index in [4.69, 9.17) is 5.73 Å². The summed E-state index contributed by atoms with van der Waals surface area (Å²) in [4.78, 5) is 80.3. The van der Waals surface area contributed by atoms with Crippen LogP contribution in [0.3, 0.4) is 0 Å². The number of benzene rings is 1. The van der Waals surface area contributed by atoms with Crippen LogP contribution >= 0.6 is 0 Å². The average Bonchev–Trinajstić information content (AvgIpc) is 2.74. The number of carbonyl (C=O) groups is 6. The molecule has 0 spiro atoms. The third-order valence-corrected chi connectivity index (χ3v) is 8.25. The Morgan fingerprint density at radius 1 is 1.11 bits per heavy atom. The van der Waals surface area contributed by atoms with Gasteiger partial charge in [-0.2, -0.15) is 0 Å². The Balaban J connectivity index is 1.94. The Morgan fingerprint density at radius 3 is 2.19 bits per heavy atom. The van der Waals surface area contributed by atoms with Gasteiger partial charge in [0.15, 0.2) is 40.4 Å². The number of primary amides is 1. The van der Waals surface area contributed by atoms with Crippen molar-refractivity contribution in [1.29, 1.82) is 0 Å². The predicted molar refractivity (Wildman–Crippen MR) is 130 cm³/mol. The van der Waals surface area contributed by atoms with Gasteiger partial charge in [-0.05, 0) is 56.8 Å². The highest BCUT2D eigenvalue weighted by Crippen LogP contribution is 2.52. The summed E-state index contributed by atoms with van der Waals surface area (Å²) < 4.78 is 0. The molecule has 10 heteroatoms. The molecule has 0 saturated heterocycles. The smallest absolute Gasteiger partial charge is 0.235 e. The summed E-state index contributed by atoms with van der Waals surface area (Å²) in [5.41, 5.74) is 2.66. The largest absolute Gasteiger partial charge is 0.507 e. The Kier molecular flexibility index (Phi) is 6.08. The van der Waals surface area contributed by atoms with Gasteiger partial charge in [0, 0.05) is 17.0 Å². The quantitative estimate of drug-likeness (QED) is 0.382. The van der Waals surface area contributed by atoms with Crippen molar-refractivity contribution in [2.75, 3.05) is 14.1 Å². The lowest BCUT2D eigenvalue weighted by atomic mass is 9.52. The van der Waals surface area contributed by atoms with E-state index in [-0.39, 0.29) is 35.5 Å². The minimum absolute atomic E-state index is 0.0543. The van der Waals surface area contributed by atoms with E-state index in [2.05, 4.69) is 0 Å². The fourth-order valence-corrected chi connectivity index (χ4v) is 6.56. The highest BCUT2D eigenvalue weighted by atomic mass is 16.3. The molecule has 0 aromatic heterocycles. The normalized spacial score (nSPS) is 31.6. The zero-order chi connectivity index (χ0) is 27.9. The van der Waals surface area contributed by atoms with Crippen molar-refractivity contribution in [2.45, 2.75) is 57.6 Å². The van der Waals surface area contributed by atoms with E-state index in [0.717, 1.165) is 0 Å². The van der Waals surface area contributed by atoms with E-state index in [1.807, 2.05) is 0 Å². The number of Topliss-reactive ketones (excluding diaryl/α,β-unsaturated/α-hetero) is 5. The summed E-state index contributed by atoms with van der Waals surface area (Å²) in [6, 6.07) is 0.393. The summed E-state index contributed by atoms with van der Waals surface area (Å²) in [6.07, 6.45) is -0.0121. The van der Waals surface area contributed by atoms with Crippen LogP contribution in [0.4, 0.5) is 0 Å². The van der Waals surface area contributed by atoms with Gasteiger partial charge in [0.1, 0.15) is 5.75 Å². The van der Waals surface area contributed by atoms with Crippen molar-refractivity contribution in [3.8, 4) is 5.75 Å². The van der Waals surface area contributed by atoms with E-state index in [1.54, 1.807) is 26.8 Å². The molecule has 3 aliphatic rings. The number of carbonyl (C=O) groups excluding carboxylic acids is 6. The molecule has 4 rings (SSSR count). The minimum atomic E-state index is -2.78. The van der Waals surface area contributed by atoms with E-state index in [0.29, 0.717) is 11.1 Å². The third kappa shape index (κ3) is 3.60. The van der Waals surface area contributed by atoms with E-state index in [9.17, 15) is 39.0 Å². The van der Waals surface area contributed by atoms with Crippen LogP contribution in [0, 0.1) is 23.7 Å². The number of ketones is 5.